The summed E-state index contributed by atoms with van der Waals surface area (Å²) in [5.74, 6) is -1.86. The summed E-state index contributed by atoms with van der Waals surface area (Å²) in [6, 6.07) is 1.93. The molecule has 0 bridgehead atoms. The zero-order chi connectivity index (χ0) is 10.8. The maximum atomic E-state index is 12.6. The Morgan fingerprint density at radius 2 is 2.07 bits per heavy atom. The molecule has 0 N–H and O–H groups in total. The fourth-order valence-electron chi connectivity index (χ4n) is 0.680. The van der Waals surface area contributed by atoms with Gasteiger partial charge in [-0.25, -0.2) is 9.37 Å². The van der Waals surface area contributed by atoms with Gasteiger partial charge in [-0.3, -0.25) is 0 Å². The first-order valence-corrected chi connectivity index (χ1v) is 3.24. The topological polar surface area (TPSA) is 45.9 Å². The lowest BCUT2D eigenvalue weighted by Gasteiger charge is -2.07. The third-order valence-electron chi connectivity index (χ3n) is 1.17. The predicted octanol–water partition coefficient (Wildman–Crippen LogP) is 1.99. The summed E-state index contributed by atoms with van der Waals surface area (Å²) in [5.41, 5.74) is -0.556. The van der Waals surface area contributed by atoms with Crippen LogP contribution in [0.2, 0.25) is 0 Å². The summed E-state index contributed by atoms with van der Waals surface area (Å²) in [6.45, 7) is 0. The van der Waals surface area contributed by atoms with Crippen LogP contribution in [0.15, 0.2) is 12.3 Å². The van der Waals surface area contributed by atoms with Crippen molar-refractivity contribution in [1.29, 1.82) is 5.26 Å². The van der Waals surface area contributed by atoms with Crippen LogP contribution >= 0.6 is 0 Å². The van der Waals surface area contributed by atoms with Gasteiger partial charge in [0.05, 0.1) is 11.8 Å². The predicted molar refractivity (Wildman–Crippen MR) is 35.6 cm³/mol. The minimum absolute atomic E-state index is 0.486. The van der Waals surface area contributed by atoms with E-state index >= 15 is 0 Å². The van der Waals surface area contributed by atoms with Crippen LogP contribution in [0.4, 0.5) is 17.6 Å². The Morgan fingerprint density at radius 1 is 1.43 bits per heavy atom. The van der Waals surface area contributed by atoms with E-state index < -0.39 is 23.6 Å². The minimum atomic E-state index is -4.91. The van der Waals surface area contributed by atoms with Gasteiger partial charge >= 0.3 is 6.36 Å². The van der Waals surface area contributed by atoms with Gasteiger partial charge in [-0.1, -0.05) is 0 Å². The van der Waals surface area contributed by atoms with Crippen molar-refractivity contribution in [2.45, 2.75) is 6.36 Å². The second-order valence-corrected chi connectivity index (χ2v) is 2.16. The molecule has 1 heterocycles. The lowest BCUT2D eigenvalue weighted by atomic mass is 10.3. The molecule has 0 unspecified atom stereocenters. The number of alkyl halides is 3. The first-order valence-electron chi connectivity index (χ1n) is 3.24. The van der Waals surface area contributed by atoms with Crippen LogP contribution < -0.4 is 4.74 Å². The molecule has 0 spiro atoms. The summed E-state index contributed by atoms with van der Waals surface area (Å²) in [6.07, 6.45) is -4.42. The van der Waals surface area contributed by atoms with Crippen molar-refractivity contribution in [2.24, 2.45) is 0 Å². The fraction of sp³-hybridized carbons (Fsp3) is 0.143. The van der Waals surface area contributed by atoms with Crippen molar-refractivity contribution in [3.05, 3.63) is 23.6 Å². The van der Waals surface area contributed by atoms with Crippen molar-refractivity contribution in [1.82, 2.24) is 4.98 Å². The third kappa shape index (κ3) is 2.58. The van der Waals surface area contributed by atoms with Crippen LogP contribution in [-0.2, 0) is 0 Å². The Balaban J connectivity index is 2.97. The summed E-state index contributed by atoms with van der Waals surface area (Å²) >= 11 is 0. The minimum Gasteiger partial charge on any atom is -0.388 e. The van der Waals surface area contributed by atoms with Crippen LogP contribution in [0.1, 0.15) is 5.56 Å². The van der Waals surface area contributed by atoms with Gasteiger partial charge in [-0.2, -0.15) is 5.26 Å². The Morgan fingerprint density at radius 3 is 2.57 bits per heavy atom. The van der Waals surface area contributed by atoms with Gasteiger partial charge in [0.1, 0.15) is 6.07 Å². The van der Waals surface area contributed by atoms with Crippen molar-refractivity contribution in [2.75, 3.05) is 0 Å². The second-order valence-electron chi connectivity index (χ2n) is 2.16. The lowest BCUT2D eigenvalue weighted by Crippen LogP contribution is -2.18. The number of aromatic nitrogens is 1. The van der Waals surface area contributed by atoms with Crippen molar-refractivity contribution in [3.8, 4) is 11.9 Å². The molecule has 0 aliphatic rings. The SMILES string of the molecule is N#Cc1cc(OC(F)(F)F)ncc1F. The fourth-order valence-corrected chi connectivity index (χ4v) is 0.680. The molecule has 0 saturated carbocycles. The molecule has 3 nitrogen and oxygen atoms in total. The molecule has 1 aromatic rings. The number of hydrogen-bond acceptors (Lipinski definition) is 3. The van der Waals surface area contributed by atoms with Crippen molar-refractivity contribution in [3.63, 3.8) is 0 Å². The van der Waals surface area contributed by atoms with E-state index in [0.29, 0.717) is 12.3 Å². The van der Waals surface area contributed by atoms with Gasteiger partial charge in [0.25, 0.3) is 0 Å². The third-order valence-corrected chi connectivity index (χ3v) is 1.17. The summed E-state index contributed by atoms with van der Waals surface area (Å²) < 4.78 is 50.9. The molecule has 0 radical (unpaired) electrons. The van der Waals surface area contributed by atoms with Crippen LogP contribution in [0.5, 0.6) is 5.88 Å². The molecule has 0 atom stereocenters. The van der Waals surface area contributed by atoms with E-state index in [1.165, 1.54) is 6.07 Å². The Labute approximate surface area is 75.5 Å². The molecule has 74 valence electrons. The van der Waals surface area contributed by atoms with Crippen molar-refractivity contribution < 1.29 is 22.3 Å². The quantitative estimate of drug-likeness (QED) is 0.660. The summed E-state index contributed by atoms with van der Waals surface area (Å²) in [4.78, 5) is 3.00. The molecule has 14 heavy (non-hydrogen) atoms. The molecule has 0 aliphatic carbocycles. The first kappa shape index (κ1) is 10.2. The van der Waals surface area contributed by atoms with Crippen LogP contribution in [0.3, 0.4) is 0 Å². The van der Waals surface area contributed by atoms with E-state index in [4.69, 9.17) is 5.26 Å². The summed E-state index contributed by atoms with van der Waals surface area (Å²) in [5, 5.41) is 8.29. The number of nitrogens with zero attached hydrogens (tertiary/aromatic N) is 2. The van der Waals surface area contributed by atoms with Gasteiger partial charge < -0.3 is 4.74 Å². The highest BCUT2D eigenvalue weighted by molar-refractivity contribution is 5.32. The maximum absolute atomic E-state index is 12.6. The normalized spacial score (nSPS) is 10.8. The highest BCUT2D eigenvalue weighted by Crippen LogP contribution is 2.21. The van der Waals surface area contributed by atoms with E-state index in [1.54, 1.807) is 0 Å². The second kappa shape index (κ2) is 3.49. The van der Waals surface area contributed by atoms with Gasteiger partial charge in [-0.15, -0.1) is 13.2 Å². The molecule has 1 aromatic heterocycles. The first-order chi connectivity index (χ1) is 6.42. The summed E-state index contributed by atoms with van der Waals surface area (Å²) in [7, 11) is 0. The number of nitriles is 1. The van der Waals surface area contributed by atoms with Gasteiger partial charge in [0.2, 0.25) is 5.88 Å². The molecule has 7 heteroatoms. The average molecular weight is 206 g/mol. The van der Waals surface area contributed by atoms with E-state index in [1.807, 2.05) is 0 Å². The van der Waals surface area contributed by atoms with Crippen LogP contribution in [0, 0.1) is 17.1 Å². The number of hydrogen-bond donors (Lipinski definition) is 0. The molecule has 0 aliphatic heterocycles. The highest BCUT2D eigenvalue weighted by Gasteiger charge is 2.32. The molecular weight excluding hydrogens is 204 g/mol. The average Bonchev–Trinajstić information content (AvgIpc) is 2.06. The monoisotopic (exact) mass is 206 g/mol. The van der Waals surface area contributed by atoms with Crippen molar-refractivity contribution >= 4 is 0 Å². The zero-order valence-corrected chi connectivity index (χ0v) is 6.47. The van der Waals surface area contributed by atoms with Crippen LogP contribution in [0.25, 0.3) is 0 Å². The van der Waals surface area contributed by atoms with Gasteiger partial charge in [0.15, 0.2) is 5.82 Å². The smallest absolute Gasteiger partial charge is 0.388 e. The molecule has 1 rings (SSSR count). The molecular formula is C7H2F4N2O. The van der Waals surface area contributed by atoms with Crippen LogP contribution in [-0.4, -0.2) is 11.3 Å². The number of halogens is 4. The zero-order valence-electron chi connectivity index (χ0n) is 6.47. The Bertz CT molecular complexity index is 382. The number of ether oxygens (including phenoxy) is 1. The Hall–Kier alpha value is -1.84. The molecule has 0 amide bonds. The maximum Gasteiger partial charge on any atom is 0.574 e. The lowest BCUT2D eigenvalue weighted by molar-refractivity contribution is -0.276. The molecule has 0 fully saturated rings. The number of pyridine rings is 1. The standard InChI is InChI=1S/C7H2F4N2O/c8-5-3-13-6(1-4(5)2-12)14-7(9,10)11/h1,3H. The molecule has 0 aromatic carbocycles. The number of rotatable bonds is 1. The van der Waals surface area contributed by atoms with E-state index in [0.717, 1.165) is 0 Å². The van der Waals surface area contributed by atoms with E-state index in [2.05, 4.69) is 9.72 Å². The van der Waals surface area contributed by atoms with Gasteiger partial charge in [0, 0.05) is 6.07 Å². The molecule has 0 saturated heterocycles. The van der Waals surface area contributed by atoms with E-state index in [-0.39, 0.29) is 0 Å². The van der Waals surface area contributed by atoms with Gasteiger partial charge in [-0.05, 0) is 0 Å². The highest BCUT2D eigenvalue weighted by atomic mass is 19.4. The Kier molecular flexibility index (Phi) is 2.56. The largest absolute Gasteiger partial charge is 0.574 e. The van der Waals surface area contributed by atoms with E-state index in [9.17, 15) is 17.6 Å².